The molecule has 54 valence electrons. The van der Waals surface area contributed by atoms with Crippen LogP contribution >= 0.6 is 0 Å². The van der Waals surface area contributed by atoms with E-state index in [0.717, 1.165) is 0 Å². The predicted molar refractivity (Wildman–Crippen MR) is 36.9 cm³/mol. The molecule has 0 unspecified atom stereocenters. The standard InChI is InChI=1S/2C2H6.CH2N4/c2*1-2;1-2-4-5-3-1/h2*1-2H3;1H,(H,2,3,4,5). The Morgan fingerprint density at radius 1 is 1.11 bits per heavy atom. The minimum atomic E-state index is 1.33. The van der Waals surface area contributed by atoms with Crippen LogP contribution in [0.25, 0.3) is 0 Å². The number of tetrazole rings is 1. The van der Waals surface area contributed by atoms with E-state index < -0.39 is 0 Å². The Balaban J connectivity index is 0. The van der Waals surface area contributed by atoms with Gasteiger partial charge in [-0.3, -0.25) is 0 Å². The highest BCUT2D eigenvalue weighted by molar-refractivity contribution is 4.24. The Kier molecular flexibility index (Phi) is 19.1. The van der Waals surface area contributed by atoms with Crippen LogP contribution in [0, 0.1) is 0 Å². The topological polar surface area (TPSA) is 54.5 Å². The van der Waals surface area contributed by atoms with Gasteiger partial charge in [-0.05, 0) is 0 Å². The van der Waals surface area contributed by atoms with E-state index in [2.05, 4.69) is 20.6 Å². The number of H-pyrrole nitrogens is 1. The molecule has 0 aliphatic heterocycles. The zero-order valence-corrected chi connectivity index (χ0v) is 6.42. The molecular formula is C5H14N4. The summed E-state index contributed by atoms with van der Waals surface area (Å²) in [7, 11) is 0. The Bertz CT molecular complexity index is 65.4. The average Bonchev–Trinajstić information content (AvgIpc) is 2.51. The third-order valence-electron chi connectivity index (χ3n) is 0.270. The van der Waals surface area contributed by atoms with Crippen LogP contribution in [0.1, 0.15) is 27.7 Å². The lowest BCUT2D eigenvalue weighted by Crippen LogP contribution is -1.64. The minimum Gasteiger partial charge on any atom is -0.177 e. The molecule has 4 heteroatoms. The monoisotopic (exact) mass is 130 g/mol. The van der Waals surface area contributed by atoms with Crippen molar-refractivity contribution in [3.63, 3.8) is 0 Å². The second-order valence-electron chi connectivity index (χ2n) is 0.560. The maximum absolute atomic E-state index is 3.38. The molecule has 1 aromatic rings. The van der Waals surface area contributed by atoms with Gasteiger partial charge in [-0.2, -0.15) is 5.21 Å². The largest absolute Gasteiger partial charge is 0.177 e. The van der Waals surface area contributed by atoms with Crippen LogP contribution in [0.3, 0.4) is 0 Å². The molecular weight excluding hydrogens is 116 g/mol. The molecule has 0 saturated heterocycles. The molecule has 0 spiro atoms. The molecule has 0 amide bonds. The first-order chi connectivity index (χ1) is 4.50. The van der Waals surface area contributed by atoms with Crippen LogP contribution in [0.4, 0.5) is 0 Å². The van der Waals surface area contributed by atoms with E-state index in [0.29, 0.717) is 0 Å². The first-order valence-corrected chi connectivity index (χ1v) is 3.16. The Labute approximate surface area is 55.7 Å². The van der Waals surface area contributed by atoms with E-state index in [1.165, 1.54) is 6.33 Å². The van der Waals surface area contributed by atoms with E-state index in [4.69, 9.17) is 0 Å². The number of rotatable bonds is 0. The molecule has 0 fully saturated rings. The number of aromatic amines is 1. The van der Waals surface area contributed by atoms with Crippen molar-refractivity contribution in [3.8, 4) is 0 Å². The Morgan fingerprint density at radius 2 is 1.67 bits per heavy atom. The zero-order valence-electron chi connectivity index (χ0n) is 6.42. The van der Waals surface area contributed by atoms with Crippen LogP contribution < -0.4 is 0 Å². The normalized spacial score (nSPS) is 5.78. The summed E-state index contributed by atoms with van der Waals surface area (Å²) in [6, 6.07) is 0. The quantitative estimate of drug-likeness (QED) is 0.575. The van der Waals surface area contributed by atoms with Crippen molar-refractivity contribution in [2.45, 2.75) is 27.7 Å². The van der Waals surface area contributed by atoms with Gasteiger partial charge < -0.3 is 0 Å². The summed E-state index contributed by atoms with van der Waals surface area (Å²) >= 11 is 0. The number of nitrogens with zero attached hydrogens (tertiary/aromatic N) is 3. The molecule has 0 aliphatic rings. The van der Waals surface area contributed by atoms with Gasteiger partial charge >= 0.3 is 0 Å². The van der Waals surface area contributed by atoms with E-state index >= 15 is 0 Å². The molecule has 0 aliphatic carbocycles. The SMILES string of the molecule is CC.CC.c1nn[nH]n1. The van der Waals surface area contributed by atoms with Crippen LogP contribution in [0.15, 0.2) is 6.33 Å². The van der Waals surface area contributed by atoms with Gasteiger partial charge in [0, 0.05) is 0 Å². The lowest BCUT2D eigenvalue weighted by molar-refractivity contribution is 0.881. The molecule has 1 N–H and O–H groups in total. The lowest BCUT2D eigenvalue weighted by atomic mass is 11.0. The predicted octanol–water partition coefficient (Wildman–Crippen LogP) is 1.25. The Morgan fingerprint density at radius 3 is 1.78 bits per heavy atom. The van der Waals surface area contributed by atoms with E-state index in [1.54, 1.807) is 0 Å². The highest BCUT2D eigenvalue weighted by Crippen LogP contribution is 1.43. The van der Waals surface area contributed by atoms with Crippen molar-refractivity contribution in [1.82, 2.24) is 20.6 Å². The van der Waals surface area contributed by atoms with Gasteiger partial charge in [0.15, 0.2) is 6.33 Å². The van der Waals surface area contributed by atoms with Crippen molar-refractivity contribution >= 4 is 0 Å². The fraction of sp³-hybridized carbons (Fsp3) is 0.800. The third kappa shape index (κ3) is 11.0. The van der Waals surface area contributed by atoms with Gasteiger partial charge in [0.05, 0.1) is 0 Å². The summed E-state index contributed by atoms with van der Waals surface area (Å²) in [5.41, 5.74) is 0. The van der Waals surface area contributed by atoms with Gasteiger partial charge in [-0.25, -0.2) is 0 Å². The number of aromatic nitrogens is 4. The van der Waals surface area contributed by atoms with Gasteiger partial charge in [0.1, 0.15) is 0 Å². The summed E-state index contributed by atoms with van der Waals surface area (Å²) in [6.45, 7) is 8.00. The molecule has 0 atom stereocenters. The average molecular weight is 130 g/mol. The van der Waals surface area contributed by atoms with E-state index in [1.807, 2.05) is 27.7 Å². The van der Waals surface area contributed by atoms with Gasteiger partial charge in [-0.1, -0.05) is 32.9 Å². The van der Waals surface area contributed by atoms with Crippen molar-refractivity contribution in [1.29, 1.82) is 0 Å². The second kappa shape index (κ2) is 15.7. The fourth-order valence-electron chi connectivity index (χ4n) is 0.129. The van der Waals surface area contributed by atoms with E-state index in [9.17, 15) is 0 Å². The van der Waals surface area contributed by atoms with Crippen molar-refractivity contribution in [2.24, 2.45) is 0 Å². The summed E-state index contributed by atoms with van der Waals surface area (Å²) < 4.78 is 0. The second-order valence-corrected chi connectivity index (χ2v) is 0.560. The molecule has 1 rings (SSSR count). The summed E-state index contributed by atoms with van der Waals surface area (Å²) in [4.78, 5) is 0. The molecule has 0 saturated carbocycles. The molecule has 9 heavy (non-hydrogen) atoms. The summed E-state index contributed by atoms with van der Waals surface area (Å²) in [5, 5.41) is 12.2. The highest BCUT2D eigenvalue weighted by Gasteiger charge is 1.58. The fourth-order valence-corrected chi connectivity index (χ4v) is 0.129. The van der Waals surface area contributed by atoms with Crippen LogP contribution in [-0.4, -0.2) is 20.6 Å². The van der Waals surface area contributed by atoms with Crippen LogP contribution in [0.5, 0.6) is 0 Å². The lowest BCUT2D eigenvalue weighted by Gasteiger charge is -1.44. The van der Waals surface area contributed by atoms with Gasteiger partial charge in [0.2, 0.25) is 0 Å². The van der Waals surface area contributed by atoms with Crippen molar-refractivity contribution < 1.29 is 0 Å². The zero-order chi connectivity index (χ0) is 7.54. The van der Waals surface area contributed by atoms with Crippen LogP contribution in [0.2, 0.25) is 0 Å². The number of nitrogens with one attached hydrogen (secondary N) is 1. The highest BCUT2D eigenvalue weighted by atomic mass is 15.5. The molecule has 0 radical (unpaired) electrons. The molecule has 1 heterocycles. The minimum absolute atomic E-state index is 1.33. The van der Waals surface area contributed by atoms with Crippen molar-refractivity contribution in [2.75, 3.05) is 0 Å². The number of hydrogen-bond donors (Lipinski definition) is 1. The van der Waals surface area contributed by atoms with Crippen LogP contribution in [-0.2, 0) is 0 Å². The molecule has 4 nitrogen and oxygen atoms in total. The smallest absolute Gasteiger partial charge is 0.161 e. The van der Waals surface area contributed by atoms with Crippen molar-refractivity contribution in [3.05, 3.63) is 6.33 Å². The maximum Gasteiger partial charge on any atom is 0.161 e. The molecule has 0 aromatic carbocycles. The number of hydrogen-bond acceptors (Lipinski definition) is 3. The molecule has 0 bridgehead atoms. The third-order valence-corrected chi connectivity index (χ3v) is 0.270. The van der Waals surface area contributed by atoms with E-state index in [-0.39, 0.29) is 0 Å². The summed E-state index contributed by atoms with van der Waals surface area (Å²) in [5.74, 6) is 0. The van der Waals surface area contributed by atoms with Gasteiger partial charge in [0.25, 0.3) is 0 Å². The first-order valence-electron chi connectivity index (χ1n) is 3.16. The Hall–Kier alpha value is -0.930. The van der Waals surface area contributed by atoms with Gasteiger partial charge in [-0.15, -0.1) is 10.2 Å². The summed E-state index contributed by atoms with van der Waals surface area (Å²) in [6.07, 6.45) is 1.33. The molecule has 1 aromatic heterocycles. The first kappa shape index (κ1) is 10.9. The maximum atomic E-state index is 3.38.